The molecular formula is C12H15N3O. The molecular weight excluding hydrogens is 202 g/mol. The lowest BCUT2D eigenvalue weighted by Crippen LogP contribution is -2.38. The molecule has 3 rings (SSSR count). The maximum absolute atomic E-state index is 11.9. The Kier molecular flexibility index (Phi) is 1.99. The maximum Gasteiger partial charge on any atom is 0.228 e. The number of carbonyl (C=O) groups is 1. The summed E-state index contributed by atoms with van der Waals surface area (Å²) in [6.07, 6.45) is 3.64. The van der Waals surface area contributed by atoms with Crippen LogP contribution in [0.1, 0.15) is 36.3 Å². The first-order valence-corrected chi connectivity index (χ1v) is 5.83. The minimum atomic E-state index is 0.229. The molecule has 4 nitrogen and oxygen atoms in total. The summed E-state index contributed by atoms with van der Waals surface area (Å²) in [5, 5.41) is 0. The van der Waals surface area contributed by atoms with Crippen LogP contribution in [0.2, 0.25) is 0 Å². The number of nitrogens with zero attached hydrogens (tertiary/aromatic N) is 3. The minimum absolute atomic E-state index is 0.229. The Labute approximate surface area is 94.7 Å². The number of amides is 1. The van der Waals surface area contributed by atoms with Gasteiger partial charge >= 0.3 is 0 Å². The fourth-order valence-electron chi connectivity index (χ4n) is 2.39. The zero-order valence-corrected chi connectivity index (χ0v) is 9.66. The van der Waals surface area contributed by atoms with Gasteiger partial charge in [-0.2, -0.15) is 0 Å². The van der Waals surface area contributed by atoms with Gasteiger partial charge in [0.05, 0.1) is 0 Å². The highest BCUT2D eigenvalue weighted by Gasteiger charge is 2.38. The van der Waals surface area contributed by atoms with E-state index in [4.69, 9.17) is 0 Å². The lowest BCUT2D eigenvalue weighted by molar-refractivity contribution is -0.119. The van der Waals surface area contributed by atoms with Crippen molar-refractivity contribution in [1.82, 2.24) is 9.97 Å². The Morgan fingerprint density at radius 1 is 1.19 bits per heavy atom. The first-order valence-electron chi connectivity index (χ1n) is 5.83. The molecule has 0 atom stereocenters. The van der Waals surface area contributed by atoms with Crippen LogP contribution in [-0.4, -0.2) is 21.9 Å². The average molecular weight is 217 g/mol. The zero-order valence-electron chi connectivity index (χ0n) is 9.66. The van der Waals surface area contributed by atoms with Gasteiger partial charge in [-0.3, -0.25) is 9.69 Å². The van der Waals surface area contributed by atoms with Gasteiger partial charge in [0.15, 0.2) is 0 Å². The summed E-state index contributed by atoms with van der Waals surface area (Å²) in [5.74, 6) is 1.87. The van der Waals surface area contributed by atoms with Crippen LogP contribution in [0.4, 0.5) is 5.82 Å². The summed E-state index contributed by atoms with van der Waals surface area (Å²) < 4.78 is 0. The molecule has 1 amide bonds. The van der Waals surface area contributed by atoms with E-state index in [0.717, 1.165) is 42.2 Å². The van der Waals surface area contributed by atoms with Crippen molar-refractivity contribution < 1.29 is 4.79 Å². The van der Waals surface area contributed by atoms with E-state index in [9.17, 15) is 4.79 Å². The Hall–Kier alpha value is -1.45. The summed E-state index contributed by atoms with van der Waals surface area (Å²) in [4.78, 5) is 22.7. The molecule has 16 heavy (non-hydrogen) atoms. The van der Waals surface area contributed by atoms with Crippen LogP contribution in [0.3, 0.4) is 0 Å². The molecule has 0 N–H and O–H groups in total. The number of aryl methyl sites for hydroxylation is 2. The van der Waals surface area contributed by atoms with E-state index in [2.05, 4.69) is 9.97 Å². The van der Waals surface area contributed by atoms with Crippen molar-refractivity contribution in [2.24, 2.45) is 0 Å². The molecule has 0 bridgehead atoms. The quantitative estimate of drug-likeness (QED) is 0.716. The van der Waals surface area contributed by atoms with Gasteiger partial charge in [0.1, 0.15) is 11.6 Å². The van der Waals surface area contributed by atoms with E-state index in [0.29, 0.717) is 12.5 Å². The Morgan fingerprint density at radius 2 is 1.94 bits per heavy atom. The highest BCUT2D eigenvalue weighted by molar-refractivity contribution is 5.96. The molecule has 1 aromatic heterocycles. The normalized spacial score (nSPS) is 19.9. The second-order valence-corrected chi connectivity index (χ2v) is 4.65. The molecule has 0 saturated heterocycles. The first kappa shape index (κ1) is 9.75. The molecule has 2 aliphatic rings. The largest absolute Gasteiger partial charge is 0.293 e. The number of anilines is 1. The van der Waals surface area contributed by atoms with Crippen molar-refractivity contribution in [3.8, 4) is 0 Å². The Morgan fingerprint density at radius 3 is 2.62 bits per heavy atom. The van der Waals surface area contributed by atoms with Gasteiger partial charge in [0.2, 0.25) is 5.91 Å². The molecule has 1 aliphatic heterocycles. The monoisotopic (exact) mass is 217 g/mol. The predicted octanol–water partition coefficient (Wildman–Crippen LogP) is 1.54. The summed E-state index contributed by atoms with van der Waals surface area (Å²) >= 11 is 0. The minimum Gasteiger partial charge on any atom is -0.293 e. The molecule has 0 radical (unpaired) electrons. The molecule has 1 saturated carbocycles. The molecule has 2 heterocycles. The Balaban J connectivity index is 2.14. The van der Waals surface area contributed by atoms with Crippen molar-refractivity contribution in [2.75, 3.05) is 4.90 Å². The van der Waals surface area contributed by atoms with Crippen LogP contribution in [0.25, 0.3) is 0 Å². The van der Waals surface area contributed by atoms with Gasteiger partial charge in [-0.25, -0.2) is 9.97 Å². The number of hydrogen-bond acceptors (Lipinski definition) is 3. The lowest BCUT2D eigenvalue weighted by atomic mass is 10.0. The number of aromatic nitrogens is 2. The molecule has 4 heteroatoms. The topological polar surface area (TPSA) is 46.1 Å². The average Bonchev–Trinajstić information content (AvgIpc) is 3.00. The fourth-order valence-corrected chi connectivity index (χ4v) is 2.39. The van der Waals surface area contributed by atoms with Crippen LogP contribution < -0.4 is 4.90 Å². The van der Waals surface area contributed by atoms with E-state index in [1.165, 1.54) is 0 Å². The fraction of sp³-hybridized carbons (Fsp3) is 0.583. The van der Waals surface area contributed by atoms with Gasteiger partial charge < -0.3 is 0 Å². The predicted molar refractivity (Wildman–Crippen MR) is 60.3 cm³/mol. The van der Waals surface area contributed by atoms with Crippen LogP contribution in [-0.2, 0) is 11.2 Å². The van der Waals surface area contributed by atoms with Gasteiger partial charge in [-0.1, -0.05) is 0 Å². The van der Waals surface area contributed by atoms with Crippen LogP contribution in [0, 0.1) is 13.8 Å². The van der Waals surface area contributed by atoms with Crippen molar-refractivity contribution >= 4 is 11.7 Å². The summed E-state index contributed by atoms with van der Waals surface area (Å²) in [6, 6.07) is 0.403. The molecule has 0 spiro atoms. The number of carbonyl (C=O) groups excluding carboxylic acids is 1. The standard InChI is InChI=1S/C12H15N3O/c1-7-10-5-6-11(16)15(9-3-4-9)12(10)14-8(2)13-7/h9H,3-6H2,1-2H3. The second kappa shape index (κ2) is 3.27. The third-order valence-electron chi connectivity index (χ3n) is 3.30. The summed E-state index contributed by atoms with van der Waals surface area (Å²) in [7, 11) is 0. The highest BCUT2D eigenvalue weighted by Crippen LogP contribution is 2.36. The van der Waals surface area contributed by atoms with E-state index in [-0.39, 0.29) is 5.91 Å². The summed E-state index contributed by atoms with van der Waals surface area (Å²) in [6.45, 7) is 3.89. The Bertz CT molecular complexity index is 466. The molecule has 84 valence electrons. The molecule has 1 aliphatic carbocycles. The van der Waals surface area contributed by atoms with Crippen LogP contribution in [0.15, 0.2) is 0 Å². The third-order valence-corrected chi connectivity index (χ3v) is 3.30. The number of fused-ring (bicyclic) bond motifs is 1. The SMILES string of the molecule is Cc1nc(C)c2c(n1)N(C1CC1)C(=O)CC2. The molecule has 1 fully saturated rings. The first-order chi connectivity index (χ1) is 7.66. The number of rotatable bonds is 1. The van der Waals surface area contributed by atoms with Crippen molar-refractivity contribution in [3.05, 3.63) is 17.1 Å². The van der Waals surface area contributed by atoms with Gasteiger partial charge in [0, 0.05) is 23.7 Å². The highest BCUT2D eigenvalue weighted by atomic mass is 16.2. The van der Waals surface area contributed by atoms with Gasteiger partial charge in [-0.05, 0) is 33.1 Å². The van der Waals surface area contributed by atoms with E-state index >= 15 is 0 Å². The zero-order chi connectivity index (χ0) is 11.3. The van der Waals surface area contributed by atoms with E-state index in [1.54, 1.807) is 0 Å². The second-order valence-electron chi connectivity index (χ2n) is 4.65. The lowest BCUT2D eigenvalue weighted by Gasteiger charge is -2.29. The van der Waals surface area contributed by atoms with Crippen LogP contribution in [0.5, 0.6) is 0 Å². The van der Waals surface area contributed by atoms with Crippen molar-refractivity contribution in [2.45, 2.75) is 45.6 Å². The van der Waals surface area contributed by atoms with E-state index in [1.807, 2.05) is 18.7 Å². The van der Waals surface area contributed by atoms with Gasteiger partial charge in [0.25, 0.3) is 0 Å². The molecule has 0 aromatic carbocycles. The smallest absolute Gasteiger partial charge is 0.228 e. The number of hydrogen-bond donors (Lipinski definition) is 0. The third kappa shape index (κ3) is 1.40. The van der Waals surface area contributed by atoms with Crippen LogP contribution >= 0.6 is 0 Å². The van der Waals surface area contributed by atoms with Crippen molar-refractivity contribution in [1.29, 1.82) is 0 Å². The van der Waals surface area contributed by atoms with E-state index < -0.39 is 0 Å². The molecule has 0 unspecified atom stereocenters. The van der Waals surface area contributed by atoms with Crippen molar-refractivity contribution in [3.63, 3.8) is 0 Å². The summed E-state index contributed by atoms with van der Waals surface area (Å²) in [5.41, 5.74) is 2.19. The molecule has 1 aromatic rings. The van der Waals surface area contributed by atoms with Gasteiger partial charge in [-0.15, -0.1) is 0 Å². The maximum atomic E-state index is 11.9.